The van der Waals surface area contributed by atoms with Crippen LogP contribution >= 0.6 is 11.6 Å². The molecule has 1 amide bonds. The number of nitrogens with one attached hydrogen (secondary N) is 2. The van der Waals surface area contributed by atoms with Crippen molar-refractivity contribution in [2.24, 2.45) is 0 Å². The van der Waals surface area contributed by atoms with Crippen LogP contribution in [0.2, 0.25) is 5.02 Å². The van der Waals surface area contributed by atoms with Gasteiger partial charge in [0, 0.05) is 24.2 Å². The summed E-state index contributed by atoms with van der Waals surface area (Å²) >= 11 is 5.86. The highest BCUT2D eigenvalue weighted by molar-refractivity contribution is 6.30. The van der Waals surface area contributed by atoms with Crippen molar-refractivity contribution in [1.82, 2.24) is 5.32 Å². The number of halogens is 1. The molecule has 0 saturated carbocycles. The average Bonchev–Trinajstić information content (AvgIpc) is 2.46. The molecule has 0 atom stereocenters. The van der Waals surface area contributed by atoms with Crippen LogP contribution in [-0.2, 0) is 17.8 Å². The van der Waals surface area contributed by atoms with Gasteiger partial charge in [-0.25, -0.2) is 0 Å². The molecule has 0 unspecified atom stereocenters. The third-order valence-corrected chi connectivity index (χ3v) is 3.36. The minimum absolute atomic E-state index is 0.0520. The normalized spacial score (nSPS) is 10.4. The van der Waals surface area contributed by atoms with Crippen LogP contribution in [-0.4, -0.2) is 12.5 Å². The Hall–Kier alpha value is -1.84. The summed E-state index contributed by atoms with van der Waals surface area (Å²) in [5.74, 6) is -0.0520. The van der Waals surface area contributed by atoms with Gasteiger partial charge in [-0.05, 0) is 48.4 Å². The van der Waals surface area contributed by atoms with Gasteiger partial charge in [-0.1, -0.05) is 35.9 Å². The summed E-state index contributed by atoms with van der Waals surface area (Å²) in [6.07, 6.45) is 0.973. The lowest BCUT2D eigenvalue weighted by atomic mass is 10.1. The lowest BCUT2D eigenvalue weighted by Crippen LogP contribution is -2.16. The smallest absolute Gasteiger partial charge is 0.221 e. The van der Waals surface area contributed by atoms with Gasteiger partial charge in [-0.15, -0.1) is 0 Å². The molecule has 0 heterocycles. The van der Waals surface area contributed by atoms with Gasteiger partial charge in [0.1, 0.15) is 0 Å². The van der Waals surface area contributed by atoms with Gasteiger partial charge in [-0.3, -0.25) is 4.79 Å². The van der Waals surface area contributed by atoms with E-state index in [4.69, 9.17) is 11.6 Å². The zero-order chi connectivity index (χ0) is 15.1. The van der Waals surface area contributed by atoms with Crippen molar-refractivity contribution in [3.8, 4) is 0 Å². The first-order chi connectivity index (χ1) is 10.1. The molecule has 110 valence electrons. The van der Waals surface area contributed by atoms with E-state index in [1.807, 2.05) is 48.5 Å². The number of anilines is 1. The van der Waals surface area contributed by atoms with Crippen molar-refractivity contribution >= 4 is 23.2 Å². The molecule has 0 radical (unpaired) electrons. The van der Waals surface area contributed by atoms with Gasteiger partial charge in [-0.2, -0.15) is 0 Å². The lowest BCUT2D eigenvalue weighted by molar-refractivity contribution is -0.114. The molecule has 0 spiro atoms. The Kier molecular flexibility index (Phi) is 5.78. The van der Waals surface area contributed by atoms with E-state index in [1.54, 1.807) is 0 Å². The molecule has 0 fully saturated rings. The van der Waals surface area contributed by atoms with E-state index in [0.717, 1.165) is 30.2 Å². The number of carbonyl (C=O) groups excluding carboxylic acids is 1. The predicted molar refractivity (Wildman–Crippen MR) is 87.6 cm³/mol. The van der Waals surface area contributed by atoms with Crippen LogP contribution in [0.5, 0.6) is 0 Å². The molecule has 0 aliphatic carbocycles. The number of rotatable bonds is 6. The van der Waals surface area contributed by atoms with E-state index in [2.05, 4.69) is 10.6 Å². The number of hydrogen-bond acceptors (Lipinski definition) is 2. The van der Waals surface area contributed by atoms with E-state index in [9.17, 15) is 4.79 Å². The summed E-state index contributed by atoms with van der Waals surface area (Å²) in [6, 6.07) is 15.8. The summed E-state index contributed by atoms with van der Waals surface area (Å²) in [6.45, 7) is 3.23. The van der Waals surface area contributed by atoms with E-state index in [1.165, 1.54) is 18.1 Å². The fraction of sp³-hybridized carbons (Fsp3) is 0.235. The number of benzene rings is 2. The molecular weight excluding hydrogens is 284 g/mol. The molecule has 0 aliphatic heterocycles. The van der Waals surface area contributed by atoms with Crippen molar-refractivity contribution < 1.29 is 4.79 Å². The molecule has 0 bridgehead atoms. The fourth-order valence-electron chi connectivity index (χ4n) is 2.03. The topological polar surface area (TPSA) is 41.1 Å². The Morgan fingerprint density at radius 1 is 1.00 bits per heavy atom. The van der Waals surface area contributed by atoms with Crippen molar-refractivity contribution in [2.45, 2.75) is 19.9 Å². The van der Waals surface area contributed by atoms with Gasteiger partial charge < -0.3 is 10.6 Å². The second-order valence-electron chi connectivity index (χ2n) is 4.93. The number of hydrogen-bond donors (Lipinski definition) is 2. The zero-order valence-corrected chi connectivity index (χ0v) is 12.8. The summed E-state index contributed by atoms with van der Waals surface area (Å²) in [4.78, 5) is 10.9. The molecule has 2 aromatic rings. The third kappa shape index (κ3) is 5.58. The minimum atomic E-state index is -0.0520. The van der Waals surface area contributed by atoms with Crippen LogP contribution in [0.15, 0.2) is 48.5 Å². The summed E-state index contributed by atoms with van der Waals surface area (Å²) in [7, 11) is 0. The van der Waals surface area contributed by atoms with Crippen LogP contribution < -0.4 is 10.6 Å². The maximum atomic E-state index is 10.9. The monoisotopic (exact) mass is 302 g/mol. The van der Waals surface area contributed by atoms with E-state index in [-0.39, 0.29) is 5.91 Å². The molecule has 0 aromatic heterocycles. The number of carbonyl (C=O) groups is 1. The molecule has 2 aromatic carbocycles. The van der Waals surface area contributed by atoms with E-state index >= 15 is 0 Å². The molecule has 21 heavy (non-hydrogen) atoms. The van der Waals surface area contributed by atoms with Gasteiger partial charge in [0.15, 0.2) is 0 Å². The highest BCUT2D eigenvalue weighted by Crippen LogP contribution is 2.10. The average molecular weight is 303 g/mol. The molecule has 0 aliphatic rings. The van der Waals surface area contributed by atoms with Crippen LogP contribution in [0, 0.1) is 0 Å². The molecule has 2 N–H and O–H groups in total. The maximum Gasteiger partial charge on any atom is 0.221 e. The highest BCUT2D eigenvalue weighted by atomic mass is 35.5. The maximum absolute atomic E-state index is 10.9. The van der Waals surface area contributed by atoms with Gasteiger partial charge in [0.2, 0.25) is 5.91 Å². The highest BCUT2D eigenvalue weighted by Gasteiger charge is 1.97. The van der Waals surface area contributed by atoms with Crippen molar-refractivity contribution in [3.05, 3.63) is 64.7 Å². The molecule has 3 nitrogen and oxygen atoms in total. The second-order valence-corrected chi connectivity index (χ2v) is 5.37. The molecular formula is C17H19ClN2O. The van der Waals surface area contributed by atoms with Crippen LogP contribution in [0.25, 0.3) is 0 Å². The molecule has 2 rings (SSSR count). The van der Waals surface area contributed by atoms with Crippen molar-refractivity contribution in [3.63, 3.8) is 0 Å². The zero-order valence-electron chi connectivity index (χ0n) is 12.0. The Morgan fingerprint density at radius 3 is 2.24 bits per heavy atom. The Balaban J connectivity index is 1.73. The predicted octanol–water partition coefficient (Wildman–Crippen LogP) is 3.63. The summed E-state index contributed by atoms with van der Waals surface area (Å²) in [5.41, 5.74) is 3.29. The minimum Gasteiger partial charge on any atom is -0.326 e. The van der Waals surface area contributed by atoms with Crippen LogP contribution in [0.1, 0.15) is 18.1 Å². The van der Waals surface area contributed by atoms with Crippen molar-refractivity contribution in [2.75, 3.05) is 11.9 Å². The second kappa shape index (κ2) is 7.81. The number of amides is 1. The van der Waals surface area contributed by atoms with Crippen molar-refractivity contribution in [1.29, 1.82) is 0 Å². The van der Waals surface area contributed by atoms with Crippen LogP contribution in [0.4, 0.5) is 5.69 Å². The van der Waals surface area contributed by atoms with E-state index < -0.39 is 0 Å². The summed E-state index contributed by atoms with van der Waals surface area (Å²) < 4.78 is 0. The first-order valence-electron chi connectivity index (χ1n) is 6.95. The third-order valence-electron chi connectivity index (χ3n) is 3.11. The van der Waals surface area contributed by atoms with Gasteiger partial charge >= 0.3 is 0 Å². The van der Waals surface area contributed by atoms with E-state index in [0.29, 0.717) is 0 Å². The first-order valence-corrected chi connectivity index (χ1v) is 7.33. The lowest BCUT2D eigenvalue weighted by Gasteiger charge is -2.07. The SMILES string of the molecule is CC(=O)Nc1ccc(CNCCc2ccc(Cl)cc2)cc1. The van der Waals surface area contributed by atoms with Gasteiger partial charge in [0.25, 0.3) is 0 Å². The van der Waals surface area contributed by atoms with Gasteiger partial charge in [0.05, 0.1) is 0 Å². The largest absolute Gasteiger partial charge is 0.326 e. The fourth-order valence-corrected chi connectivity index (χ4v) is 2.15. The van der Waals surface area contributed by atoms with Crippen LogP contribution in [0.3, 0.4) is 0 Å². The Morgan fingerprint density at radius 2 is 1.62 bits per heavy atom. The molecule has 0 saturated heterocycles. The Bertz CT molecular complexity index is 579. The summed E-state index contributed by atoms with van der Waals surface area (Å²) in [5, 5.41) is 6.93. The standard InChI is InChI=1S/C17H19ClN2O/c1-13(21)20-17-8-4-15(5-9-17)12-19-11-10-14-2-6-16(18)7-3-14/h2-9,19H,10-12H2,1H3,(H,20,21). The first kappa shape index (κ1) is 15.5. The Labute approximate surface area is 130 Å². The molecule has 4 heteroatoms. The quantitative estimate of drug-likeness (QED) is 0.800.